The first kappa shape index (κ1) is 13.2. The highest BCUT2D eigenvalue weighted by Crippen LogP contribution is 2.29. The molecular formula is C13H15ClN2OS. The van der Waals surface area contributed by atoms with Crippen LogP contribution in [0, 0.1) is 0 Å². The van der Waals surface area contributed by atoms with Crippen molar-refractivity contribution < 1.29 is 4.74 Å². The largest absolute Gasteiger partial charge is 0.497 e. The first-order valence-corrected chi connectivity index (χ1v) is 6.90. The number of aromatic nitrogens is 1. The number of methoxy groups -OCH3 is 1. The third-order valence-corrected chi connectivity index (χ3v) is 4.03. The predicted molar refractivity (Wildman–Crippen MR) is 76.7 cm³/mol. The summed E-state index contributed by atoms with van der Waals surface area (Å²) in [6.45, 7) is 2.07. The van der Waals surface area contributed by atoms with Gasteiger partial charge in [0.2, 0.25) is 0 Å². The number of hydrogen-bond donors (Lipinski definition) is 1. The summed E-state index contributed by atoms with van der Waals surface area (Å²) in [5.41, 5.74) is 7.84. The Morgan fingerprint density at radius 3 is 2.89 bits per heavy atom. The average Bonchev–Trinajstić information content (AvgIpc) is 2.72. The summed E-state index contributed by atoms with van der Waals surface area (Å²) in [6.07, 6.45) is 1.62. The van der Waals surface area contributed by atoms with Crippen molar-refractivity contribution >= 4 is 28.1 Å². The van der Waals surface area contributed by atoms with Crippen LogP contribution in [0.4, 0.5) is 5.13 Å². The van der Waals surface area contributed by atoms with Crippen LogP contribution >= 0.6 is 22.9 Å². The predicted octanol–water partition coefficient (Wildman–Crippen LogP) is 3.54. The smallest absolute Gasteiger partial charge is 0.180 e. The van der Waals surface area contributed by atoms with E-state index in [0.717, 1.165) is 34.9 Å². The normalized spacial score (nSPS) is 10.6. The fraction of sp³-hybridized carbons (Fsp3) is 0.308. The number of rotatable bonds is 4. The summed E-state index contributed by atoms with van der Waals surface area (Å²) in [7, 11) is 1.65. The Hall–Kier alpha value is -1.26. The van der Waals surface area contributed by atoms with E-state index >= 15 is 0 Å². The van der Waals surface area contributed by atoms with Crippen molar-refractivity contribution in [1.29, 1.82) is 0 Å². The molecule has 2 aromatic rings. The zero-order valence-electron chi connectivity index (χ0n) is 10.4. The van der Waals surface area contributed by atoms with Crippen molar-refractivity contribution in [2.45, 2.75) is 19.8 Å². The molecule has 0 bridgehead atoms. The summed E-state index contributed by atoms with van der Waals surface area (Å²) in [6, 6.07) is 5.66. The van der Waals surface area contributed by atoms with Crippen molar-refractivity contribution in [1.82, 2.24) is 4.98 Å². The fourth-order valence-corrected chi connectivity index (χ4v) is 2.93. The Morgan fingerprint density at radius 1 is 1.44 bits per heavy atom. The number of nitrogens with two attached hydrogens (primary N) is 1. The zero-order chi connectivity index (χ0) is 13.1. The van der Waals surface area contributed by atoms with Crippen molar-refractivity contribution in [3.63, 3.8) is 0 Å². The monoisotopic (exact) mass is 282 g/mol. The molecule has 0 fully saturated rings. The molecule has 0 unspecified atom stereocenters. The number of benzene rings is 1. The minimum atomic E-state index is 0.612. The van der Waals surface area contributed by atoms with Gasteiger partial charge < -0.3 is 10.5 Å². The molecule has 0 aliphatic rings. The summed E-state index contributed by atoms with van der Waals surface area (Å²) in [5.74, 6) is 0.810. The molecule has 1 aromatic heterocycles. The molecule has 2 rings (SSSR count). The highest BCUT2D eigenvalue weighted by atomic mass is 35.5. The van der Waals surface area contributed by atoms with Crippen molar-refractivity contribution in [2.75, 3.05) is 12.8 Å². The van der Waals surface area contributed by atoms with E-state index in [0.29, 0.717) is 5.13 Å². The van der Waals surface area contributed by atoms with Gasteiger partial charge in [0.1, 0.15) is 5.75 Å². The molecule has 0 amide bonds. The molecule has 0 saturated heterocycles. The van der Waals surface area contributed by atoms with Crippen LogP contribution in [0.5, 0.6) is 5.75 Å². The number of halogens is 1. The number of hydrogen-bond acceptors (Lipinski definition) is 4. The van der Waals surface area contributed by atoms with Gasteiger partial charge in [0.05, 0.1) is 12.8 Å². The molecule has 0 saturated carbocycles. The molecule has 0 spiro atoms. The molecule has 0 atom stereocenters. The molecule has 5 heteroatoms. The van der Waals surface area contributed by atoms with E-state index in [4.69, 9.17) is 22.1 Å². The van der Waals surface area contributed by atoms with Gasteiger partial charge >= 0.3 is 0 Å². The number of nitrogens with zero attached hydrogens (tertiary/aromatic N) is 1. The lowest BCUT2D eigenvalue weighted by molar-refractivity contribution is 0.414. The van der Waals surface area contributed by atoms with E-state index < -0.39 is 0 Å². The van der Waals surface area contributed by atoms with Crippen LogP contribution in [0.15, 0.2) is 18.2 Å². The molecule has 1 aromatic carbocycles. The lowest BCUT2D eigenvalue weighted by Crippen LogP contribution is -1.93. The van der Waals surface area contributed by atoms with Gasteiger partial charge in [-0.2, -0.15) is 0 Å². The van der Waals surface area contributed by atoms with Crippen LogP contribution in [0.25, 0.3) is 0 Å². The Labute approximate surface area is 116 Å². The lowest BCUT2D eigenvalue weighted by atomic mass is 10.1. The highest BCUT2D eigenvalue weighted by molar-refractivity contribution is 7.15. The number of nitrogen functional groups attached to an aromatic ring is 1. The SMILES string of the molecule is CCc1nc(N)sc1Cc1cc(OC)ccc1Cl. The summed E-state index contributed by atoms with van der Waals surface area (Å²) >= 11 is 7.73. The van der Waals surface area contributed by atoms with Crippen LogP contribution in [0.3, 0.4) is 0 Å². The molecule has 0 aliphatic carbocycles. The van der Waals surface area contributed by atoms with Crippen LogP contribution in [-0.4, -0.2) is 12.1 Å². The quantitative estimate of drug-likeness (QED) is 0.933. The molecular weight excluding hydrogens is 268 g/mol. The molecule has 96 valence electrons. The molecule has 3 nitrogen and oxygen atoms in total. The van der Waals surface area contributed by atoms with Gasteiger partial charge in [-0.1, -0.05) is 18.5 Å². The number of ether oxygens (including phenoxy) is 1. The molecule has 2 N–H and O–H groups in total. The van der Waals surface area contributed by atoms with Gasteiger partial charge in [-0.3, -0.25) is 0 Å². The third-order valence-electron chi connectivity index (χ3n) is 2.73. The van der Waals surface area contributed by atoms with Gasteiger partial charge in [-0.15, -0.1) is 11.3 Å². The highest BCUT2D eigenvalue weighted by Gasteiger charge is 2.11. The summed E-state index contributed by atoms with van der Waals surface area (Å²) < 4.78 is 5.21. The van der Waals surface area contributed by atoms with E-state index in [9.17, 15) is 0 Å². The van der Waals surface area contributed by atoms with Gasteiger partial charge in [0.15, 0.2) is 5.13 Å². The molecule has 0 aliphatic heterocycles. The zero-order valence-corrected chi connectivity index (χ0v) is 11.9. The third kappa shape index (κ3) is 2.76. The second-order valence-electron chi connectivity index (χ2n) is 3.91. The van der Waals surface area contributed by atoms with Crippen molar-refractivity contribution in [2.24, 2.45) is 0 Å². The molecule has 1 heterocycles. The Morgan fingerprint density at radius 2 is 2.22 bits per heavy atom. The maximum Gasteiger partial charge on any atom is 0.180 e. The first-order valence-electron chi connectivity index (χ1n) is 5.70. The minimum absolute atomic E-state index is 0.612. The Balaban J connectivity index is 2.32. The second-order valence-corrected chi connectivity index (χ2v) is 5.43. The van der Waals surface area contributed by atoms with Crippen LogP contribution < -0.4 is 10.5 Å². The summed E-state index contributed by atoms with van der Waals surface area (Å²) in [4.78, 5) is 5.49. The second kappa shape index (κ2) is 5.59. The maximum absolute atomic E-state index is 6.20. The maximum atomic E-state index is 6.20. The Kier molecular flexibility index (Phi) is 4.09. The topological polar surface area (TPSA) is 48.1 Å². The van der Waals surface area contributed by atoms with E-state index in [1.54, 1.807) is 7.11 Å². The van der Waals surface area contributed by atoms with Crippen molar-refractivity contribution in [3.8, 4) is 5.75 Å². The fourth-order valence-electron chi connectivity index (χ4n) is 1.80. The van der Waals surface area contributed by atoms with E-state index in [1.807, 2.05) is 18.2 Å². The van der Waals surface area contributed by atoms with Gasteiger partial charge in [0, 0.05) is 16.3 Å². The summed E-state index contributed by atoms with van der Waals surface area (Å²) in [5, 5.41) is 1.35. The van der Waals surface area contributed by atoms with E-state index in [1.165, 1.54) is 16.2 Å². The van der Waals surface area contributed by atoms with Crippen LogP contribution in [0.2, 0.25) is 5.02 Å². The van der Waals surface area contributed by atoms with E-state index in [-0.39, 0.29) is 0 Å². The van der Waals surface area contributed by atoms with Crippen molar-refractivity contribution in [3.05, 3.63) is 39.4 Å². The number of anilines is 1. The van der Waals surface area contributed by atoms with E-state index in [2.05, 4.69) is 11.9 Å². The first-order chi connectivity index (χ1) is 8.63. The minimum Gasteiger partial charge on any atom is -0.497 e. The van der Waals surface area contributed by atoms with Crippen LogP contribution in [-0.2, 0) is 12.8 Å². The van der Waals surface area contributed by atoms with Gasteiger partial charge in [0.25, 0.3) is 0 Å². The number of thiazole rings is 1. The van der Waals surface area contributed by atoms with Crippen LogP contribution in [0.1, 0.15) is 23.1 Å². The average molecular weight is 283 g/mol. The standard InChI is InChI=1S/C13H15ClN2OS/c1-3-11-12(18-13(15)16-11)7-8-6-9(17-2)4-5-10(8)14/h4-6H,3,7H2,1-2H3,(H2,15,16). The number of aryl methyl sites for hydroxylation is 1. The lowest BCUT2D eigenvalue weighted by Gasteiger charge is -2.06. The Bertz CT molecular complexity index is 554. The molecule has 0 radical (unpaired) electrons. The molecule has 18 heavy (non-hydrogen) atoms. The van der Waals surface area contributed by atoms with Gasteiger partial charge in [-0.05, 0) is 30.2 Å². The van der Waals surface area contributed by atoms with Gasteiger partial charge in [-0.25, -0.2) is 4.98 Å².